The topological polar surface area (TPSA) is 127 Å². The first-order valence-corrected chi connectivity index (χ1v) is 4.05. The number of imidazole rings is 1. The molecule has 2 aromatic rings. The molecule has 0 aliphatic heterocycles. The molecular formula is C7H10N6O. The first kappa shape index (κ1) is 8.85. The van der Waals surface area contributed by atoms with Gasteiger partial charge in [0.1, 0.15) is 17.7 Å². The van der Waals surface area contributed by atoms with Crippen LogP contribution in [-0.4, -0.2) is 31.6 Å². The molecule has 0 saturated carbocycles. The van der Waals surface area contributed by atoms with Crippen molar-refractivity contribution in [1.82, 2.24) is 19.9 Å². The van der Waals surface area contributed by atoms with Crippen molar-refractivity contribution in [3.63, 3.8) is 0 Å². The summed E-state index contributed by atoms with van der Waals surface area (Å²) in [6.45, 7) is -0.187. The standard InChI is InChI=1S/C7H10N6O/c8-3(1-14)6-12-4-5(9)10-2-11-7(4)13-6/h2-3,14H,1,8H2,(H3,9,10,11,12,13). The Balaban J connectivity index is 2.56. The molecule has 0 aliphatic carbocycles. The smallest absolute Gasteiger partial charge is 0.183 e. The molecule has 1 atom stereocenters. The second-order valence-corrected chi connectivity index (χ2v) is 2.87. The Bertz CT molecular complexity index is 452. The number of aliphatic hydroxyl groups excluding tert-OH is 1. The number of hydrogen-bond donors (Lipinski definition) is 4. The third kappa shape index (κ3) is 1.28. The van der Waals surface area contributed by atoms with E-state index in [2.05, 4.69) is 19.9 Å². The lowest BCUT2D eigenvalue weighted by atomic mass is 10.3. The fourth-order valence-electron chi connectivity index (χ4n) is 1.13. The van der Waals surface area contributed by atoms with Crippen molar-refractivity contribution < 1.29 is 5.11 Å². The van der Waals surface area contributed by atoms with Crippen LogP contribution in [0.4, 0.5) is 5.82 Å². The van der Waals surface area contributed by atoms with Gasteiger partial charge in [0.2, 0.25) is 0 Å². The second-order valence-electron chi connectivity index (χ2n) is 2.87. The average Bonchev–Trinajstić information content (AvgIpc) is 2.62. The first-order valence-electron chi connectivity index (χ1n) is 4.05. The predicted octanol–water partition coefficient (Wildman–Crippen LogP) is -1.07. The summed E-state index contributed by atoms with van der Waals surface area (Å²) in [6, 6.07) is -0.552. The number of aliphatic hydroxyl groups is 1. The highest BCUT2D eigenvalue weighted by atomic mass is 16.3. The van der Waals surface area contributed by atoms with Gasteiger partial charge in [-0.2, -0.15) is 0 Å². The van der Waals surface area contributed by atoms with Gasteiger partial charge >= 0.3 is 0 Å². The van der Waals surface area contributed by atoms with Gasteiger partial charge in [-0.15, -0.1) is 0 Å². The maximum Gasteiger partial charge on any atom is 0.183 e. The summed E-state index contributed by atoms with van der Waals surface area (Å²) in [4.78, 5) is 14.6. The molecule has 74 valence electrons. The van der Waals surface area contributed by atoms with E-state index in [-0.39, 0.29) is 6.61 Å². The molecule has 6 N–H and O–H groups in total. The lowest BCUT2D eigenvalue weighted by Gasteiger charge is -2.01. The van der Waals surface area contributed by atoms with Gasteiger partial charge in [0.15, 0.2) is 11.5 Å². The van der Waals surface area contributed by atoms with E-state index < -0.39 is 6.04 Å². The van der Waals surface area contributed by atoms with Crippen molar-refractivity contribution in [3.05, 3.63) is 12.2 Å². The van der Waals surface area contributed by atoms with E-state index in [0.29, 0.717) is 22.8 Å². The van der Waals surface area contributed by atoms with Gasteiger partial charge in [-0.3, -0.25) is 0 Å². The third-order valence-corrected chi connectivity index (χ3v) is 1.88. The molecule has 0 aromatic carbocycles. The molecule has 0 aliphatic rings. The normalized spacial score (nSPS) is 13.3. The van der Waals surface area contributed by atoms with Crippen molar-refractivity contribution in [2.75, 3.05) is 12.3 Å². The first-order chi connectivity index (χ1) is 6.72. The van der Waals surface area contributed by atoms with Gasteiger partial charge < -0.3 is 21.6 Å². The van der Waals surface area contributed by atoms with Crippen molar-refractivity contribution >= 4 is 17.0 Å². The molecule has 1 unspecified atom stereocenters. The largest absolute Gasteiger partial charge is 0.394 e. The fourth-order valence-corrected chi connectivity index (χ4v) is 1.13. The van der Waals surface area contributed by atoms with Crippen LogP contribution in [0, 0.1) is 0 Å². The maximum atomic E-state index is 8.83. The van der Waals surface area contributed by atoms with E-state index in [1.54, 1.807) is 0 Å². The molecule has 0 amide bonds. The van der Waals surface area contributed by atoms with Gasteiger partial charge in [0.25, 0.3) is 0 Å². The number of nitrogens with two attached hydrogens (primary N) is 2. The minimum atomic E-state index is -0.552. The molecule has 0 bridgehead atoms. The number of nitrogens with zero attached hydrogens (tertiary/aromatic N) is 3. The van der Waals surface area contributed by atoms with Crippen LogP contribution in [0.2, 0.25) is 0 Å². The summed E-state index contributed by atoms with van der Waals surface area (Å²) in [7, 11) is 0. The zero-order valence-corrected chi connectivity index (χ0v) is 7.31. The number of hydrogen-bond acceptors (Lipinski definition) is 6. The number of nitrogens with one attached hydrogen (secondary N) is 1. The SMILES string of the molecule is Nc1ncnc2nc(C(N)CO)[nH]c12. The molecule has 14 heavy (non-hydrogen) atoms. The lowest BCUT2D eigenvalue weighted by Crippen LogP contribution is -2.15. The molecule has 0 fully saturated rings. The Morgan fingerprint density at radius 2 is 2.29 bits per heavy atom. The molecule has 0 spiro atoms. The summed E-state index contributed by atoms with van der Waals surface area (Å²) >= 11 is 0. The zero-order chi connectivity index (χ0) is 10.1. The van der Waals surface area contributed by atoms with Gasteiger partial charge in [-0.05, 0) is 0 Å². The third-order valence-electron chi connectivity index (χ3n) is 1.88. The van der Waals surface area contributed by atoms with E-state index in [4.69, 9.17) is 16.6 Å². The maximum absolute atomic E-state index is 8.83. The van der Waals surface area contributed by atoms with E-state index in [1.807, 2.05) is 0 Å². The average molecular weight is 194 g/mol. The van der Waals surface area contributed by atoms with Crippen LogP contribution in [0.15, 0.2) is 6.33 Å². The number of anilines is 1. The van der Waals surface area contributed by atoms with Crippen LogP contribution in [0.5, 0.6) is 0 Å². The number of fused-ring (bicyclic) bond motifs is 1. The molecule has 7 heteroatoms. The minimum absolute atomic E-state index is 0.187. The van der Waals surface area contributed by atoms with Crippen LogP contribution < -0.4 is 11.5 Å². The van der Waals surface area contributed by atoms with Gasteiger partial charge in [0, 0.05) is 0 Å². The quantitative estimate of drug-likeness (QED) is 0.482. The molecule has 0 radical (unpaired) electrons. The minimum Gasteiger partial charge on any atom is -0.394 e. The lowest BCUT2D eigenvalue weighted by molar-refractivity contribution is 0.264. The number of aromatic nitrogens is 4. The van der Waals surface area contributed by atoms with E-state index in [0.717, 1.165) is 0 Å². The monoisotopic (exact) mass is 194 g/mol. The van der Waals surface area contributed by atoms with Gasteiger partial charge in [-0.25, -0.2) is 15.0 Å². The number of rotatable bonds is 2. The van der Waals surface area contributed by atoms with Gasteiger partial charge in [0.05, 0.1) is 12.6 Å². The highest BCUT2D eigenvalue weighted by molar-refractivity contribution is 5.81. The summed E-state index contributed by atoms with van der Waals surface area (Å²) in [6.07, 6.45) is 1.33. The molecule has 0 saturated heterocycles. The van der Waals surface area contributed by atoms with Crippen LogP contribution in [0.1, 0.15) is 11.9 Å². The summed E-state index contributed by atoms with van der Waals surface area (Å²) in [5.74, 6) is 0.772. The summed E-state index contributed by atoms with van der Waals surface area (Å²) < 4.78 is 0. The Hall–Kier alpha value is -1.73. The van der Waals surface area contributed by atoms with Crippen molar-refractivity contribution in [3.8, 4) is 0 Å². The zero-order valence-electron chi connectivity index (χ0n) is 7.31. The molecular weight excluding hydrogens is 184 g/mol. The van der Waals surface area contributed by atoms with Crippen LogP contribution >= 0.6 is 0 Å². The predicted molar refractivity (Wildman–Crippen MR) is 50.1 cm³/mol. The Labute approximate surface area is 79.2 Å². The Kier molecular flexibility index (Phi) is 2.02. The van der Waals surface area contributed by atoms with Crippen molar-refractivity contribution in [2.45, 2.75) is 6.04 Å². The Morgan fingerprint density at radius 1 is 1.50 bits per heavy atom. The molecule has 2 heterocycles. The molecule has 2 rings (SSSR count). The number of nitrogen functional groups attached to an aromatic ring is 1. The van der Waals surface area contributed by atoms with Crippen LogP contribution in [0.3, 0.4) is 0 Å². The van der Waals surface area contributed by atoms with E-state index in [9.17, 15) is 0 Å². The summed E-state index contributed by atoms with van der Waals surface area (Å²) in [5.41, 5.74) is 12.2. The van der Waals surface area contributed by atoms with Crippen molar-refractivity contribution in [1.29, 1.82) is 0 Å². The highest BCUT2D eigenvalue weighted by Gasteiger charge is 2.12. The fraction of sp³-hybridized carbons (Fsp3) is 0.286. The van der Waals surface area contributed by atoms with E-state index >= 15 is 0 Å². The Morgan fingerprint density at radius 3 is 2.93 bits per heavy atom. The van der Waals surface area contributed by atoms with Gasteiger partial charge in [-0.1, -0.05) is 0 Å². The molecule has 7 nitrogen and oxygen atoms in total. The van der Waals surface area contributed by atoms with Crippen LogP contribution in [-0.2, 0) is 0 Å². The number of H-pyrrole nitrogens is 1. The number of aromatic amines is 1. The second kappa shape index (κ2) is 3.20. The van der Waals surface area contributed by atoms with Crippen molar-refractivity contribution in [2.24, 2.45) is 5.73 Å². The highest BCUT2D eigenvalue weighted by Crippen LogP contribution is 2.15. The van der Waals surface area contributed by atoms with Crippen LogP contribution in [0.25, 0.3) is 11.2 Å². The summed E-state index contributed by atoms with van der Waals surface area (Å²) in [5, 5.41) is 8.83. The van der Waals surface area contributed by atoms with E-state index in [1.165, 1.54) is 6.33 Å². The molecule has 2 aromatic heterocycles.